The smallest absolute Gasteiger partial charge is 0.265 e. The molecule has 6 heteroatoms. The van der Waals surface area contributed by atoms with Crippen LogP contribution >= 0.6 is 0 Å². The Kier molecular flexibility index (Phi) is 4.37. The maximum absolute atomic E-state index is 13.6. The lowest BCUT2D eigenvalue weighted by Gasteiger charge is -2.24. The number of fused-ring (bicyclic) bond motifs is 4. The van der Waals surface area contributed by atoms with Crippen LogP contribution in [0.5, 0.6) is 0 Å². The van der Waals surface area contributed by atoms with Crippen LogP contribution in [0.2, 0.25) is 0 Å². The Bertz CT molecular complexity index is 1280. The van der Waals surface area contributed by atoms with Gasteiger partial charge < -0.3 is 4.57 Å². The fraction of sp³-hybridized carbons (Fsp3) is 0.478. The fourth-order valence-corrected chi connectivity index (χ4v) is 4.72. The van der Waals surface area contributed by atoms with E-state index in [2.05, 4.69) is 18.4 Å². The van der Waals surface area contributed by atoms with E-state index < -0.39 is 0 Å². The molecular weight excluding hydrogens is 362 g/mol. The number of hydrogen-bond donors (Lipinski definition) is 0. The number of aryl methyl sites for hydroxylation is 1. The second-order valence-corrected chi connectivity index (χ2v) is 8.71. The molecule has 1 aliphatic carbocycles. The summed E-state index contributed by atoms with van der Waals surface area (Å²) in [6, 6.07) is 8.21. The highest BCUT2D eigenvalue weighted by molar-refractivity contribution is 6.04. The zero-order chi connectivity index (χ0) is 20.1. The summed E-state index contributed by atoms with van der Waals surface area (Å²) >= 11 is 0. The first-order valence-corrected chi connectivity index (χ1v) is 10.7. The summed E-state index contributed by atoms with van der Waals surface area (Å²) in [5.41, 5.74) is 3.93. The SMILES string of the molecule is Cc1nc2c(c(=O)n1CC(C)C)c1nc3ccccc3nc1n2C1CCCCC1. The van der Waals surface area contributed by atoms with E-state index in [0.717, 1.165) is 41.0 Å². The summed E-state index contributed by atoms with van der Waals surface area (Å²) < 4.78 is 4.02. The molecule has 1 aliphatic rings. The van der Waals surface area contributed by atoms with E-state index in [1.165, 1.54) is 19.3 Å². The van der Waals surface area contributed by atoms with Gasteiger partial charge in [-0.1, -0.05) is 45.2 Å². The van der Waals surface area contributed by atoms with Crippen molar-refractivity contribution < 1.29 is 0 Å². The third-order valence-corrected chi connectivity index (χ3v) is 6.07. The molecule has 1 saturated carbocycles. The first-order valence-electron chi connectivity index (χ1n) is 10.7. The van der Waals surface area contributed by atoms with Gasteiger partial charge in [0, 0.05) is 12.6 Å². The lowest BCUT2D eigenvalue weighted by atomic mass is 9.95. The Morgan fingerprint density at radius 3 is 2.38 bits per heavy atom. The van der Waals surface area contributed by atoms with Gasteiger partial charge in [-0.05, 0) is 37.8 Å². The van der Waals surface area contributed by atoms with Gasteiger partial charge in [0.15, 0.2) is 11.3 Å². The van der Waals surface area contributed by atoms with Gasteiger partial charge in [0.25, 0.3) is 5.56 Å². The Balaban J connectivity index is 1.91. The molecule has 0 N–H and O–H groups in total. The molecule has 5 rings (SSSR count). The van der Waals surface area contributed by atoms with Gasteiger partial charge in [0.2, 0.25) is 0 Å². The van der Waals surface area contributed by atoms with E-state index in [0.29, 0.717) is 29.4 Å². The second-order valence-electron chi connectivity index (χ2n) is 8.71. The summed E-state index contributed by atoms with van der Waals surface area (Å²) in [7, 11) is 0. The van der Waals surface area contributed by atoms with Crippen LogP contribution in [0, 0.1) is 12.8 Å². The second kappa shape index (κ2) is 6.94. The van der Waals surface area contributed by atoms with Crippen LogP contribution in [0.1, 0.15) is 57.8 Å². The van der Waals surface area contributed by atoms with Crippen molar-refractivity contribution in [3.05, 3.63) is 40.4 Å². The molecule has 4 aromatic rings. The highest BCUT2D eigenvalue weighted by atomic mass is 16.1. The van der Waals surface area contributed by atoms with Crippen LogP contribution < -0.4 is 5.56 Å². The van der Waals surface area contributed by atoms with Gasteiger partial charge in [0.05, 0.1) is 11.0 Å². The summed E-state index contributed by atoms with van der Waals surface area (Å²) in [5, 5.41) is 0.620. The minimum Gasteiger partial charge on any atom is -0.305 e. The lowest BCUT2D eigenvalue weighted by molar-refractivity contribution is 0.364. The molecule has 0 aliphatic heterocycles. The van der Waals surface area contributed by atoms with Gasteiger partial charge >= 0.3 is 0 Å². The van der Waals surface area contributed by atoms with E-state index in [1.807, 2.05) is 31.2 Å². The molecule has 1 aromatic carbocycles. The van der Waals surface area contributed by atoms with Gasteiger partial charge in [-0.25, -0.2) is 15.0 Å². The highest BCUT2D eigenvalue weighted by Gasteiger charge is 2.26. The van der Waals surface area contributed by atoms with E-state index in [9.17, 15) is 4.79 Å². The number of aromatic nitrogens is 5. The molecule has 0 unspecified atom stereocenters. The van der Waals surface area contributed by atoms with Crippen LogP contribution in [0.3, 0.4) is 0 Å². The molecule has 29 heavy (non-hydrogen) atoms. The van der Waals surface area contributed by atoms with E-state index in [4.69, 9.17) is 15.0 Å². The van der Waals surface area contributed by atoms with Crippen LogP contribution in [0.25, 0.3) is 33.2 Å². The van der Waals surface area contributed by atoms with Crippen molar-refractivity contribution in [3.63, 3.8) is 0 Å². The van der Waals surface area contributed by atoms with Crippen LogP contribution in [0.4, 0.5) is 0 Å². The van der Waals surface area contributed by atoms with Crippen molar-refractivity contribution in [2.75, 3.05) is 0 Å². The fourth-order valence-electron chi connectivity index (χ4n) is 4.72. The number of nitrogens with zero attached hydrogens (tertiary/aromatic N) is 5. The summed E-state index contributed by atoms with van der Waals surface area (Å²) in [6.45, 7) is 6.83. The molecule has 0 spiro atoms. The van der Waals surface area contributed by atoms with Gasteiger partial charge in [-0.15, -0.1) is 0 Å². The third kappa shape index (κ3) is 2.93. The average Bonchev–Trinajstić information content (AvgIpc) is 3.02. The molecule has 3 aromatic heterocycles. The van der Waals surface area contributed by atoms with Gasteiger partial charge in [0.1, 0.15) is 16.7 Å². The third-order valence-electron chi connectivity index (χ3n) is 6.07. The predicted octanol–water partition coefficient (Wildman–Crippen LogP) is 4.76. The van der Waals surface area contributed by atoms with Crippen LogP contribution in [-0.2, 0) is 6.54 Å². The summed E-state index contributed by atoms with van der Waals surface area (Å²) in [5.74, 6) is 1.13. The van der Waals surface area contributed by atoms with Gasteiger partial charge in [-0.2, -0.15) is 0 Å². The van der Waals surface area contributed by atoms with E-state index in [1.54, 1.807) is 4.57 Å². The lowest BCUT2D eigenvalue weighted by Crippen LogP contribution is -2.26. The van der Waals surface area contributed by atoms with Gasteiger partial charge in [-0.3, -0.25) is 9.36 Å². The molecule has 1 fully saturated rings. The largest absolute Gasteiger partial charge is 0.305 e. The molecule has 150 valence electrons. The quantitative estimate of drug-likeness (QED) is 0.506. The first-order chi connectivity index (χ1) is 14.0. The van der Waals surface area contributed by atoms with Crippen LogP contribution in [-0.4, -0.2) is 24.1 Å². The van der Waals surface area contributed by atoms with E-state index >= 15 is 0 Å². The standard InChI is InChI=1S/C23H27N5O/c1-14(2)13-27-15(3)24-21-19(23(27)29)20-22(28(21)16-9-5-4-6-10-16)26-18-12-8-7-11-17(18)25-20/h7-8,11-12,14,16H,4-6,9-10,13H2,1-3H3. The zero-order valence-electron chi connectivity index (χ0n) is 17.4. The van der Waals surface area contributed by atoms with Crippen molar-refractivity contribution >= 4 is 33.2 Å². The average molecular weight is 390 g/mol. The van der Waals surface area contributed by atoms with Crippen molar-refractivity contribution in [1.82, 2.24) is 24.1 Å². The molecular formula is C23H27N5O. The Hall–Kier alpha value is -2.76. The normalized spacial score (nSPS) is 15.9. The Labute approximate surface area is 169 Å². The zero-order valence-corrected chi connectivity index (χ0v) is 17.4. The number of para-hydroxylation sites is 2. The number of rotatable bonds is 3. The Morgan fingerprint density at radius 1 is 1.00 bits per heavy atom. The molecule has 0 amide bonds. The van der Waals surface area contributed by atoms with Crippen molar-refractivity contribution in [2.24, 2.45) is 5.92 Å². The molecule has 0 bridgehead atoms. The summed E-state index contributed by atoms with van der Waals surface area (Å²) in [4.78, 5) is 28.4. The topological polar surface area (TPSA) is 65.6 Å². The minimum absolute atomic E-state index is 0.00494. The molecule has 3 heterocycles. The van der Waals surface area contributed by atoms with Crippen LogP contribution in [0.15, 0.2) is 29.1 Å². The highest BCUT2D eigenvalue weighted by Crippen LogP contribution is 2.35. The number of hydrogen-bond acceptors (Lipinski definition) is 4. The first kappa shape index (κ1) is 18.3. The predicted molar refractivity (Wildman–Crippen MR) is 116 cm³/mol. The maximum Gasteiger partial charge on any atom is 0.265 e. The van der Waals surface area contributed by atoms with Crippen molar-refractivity contribution in [1.29, 1.82) is 0 Å². The van der Waals surface area contributed by atoms with Crippen molar-refractivity contribution in [3.8, 4) is 0 Å². The molecule has 0 saturated heterocycles. The minimum atomic E-state index is 0.00494. The maximum atomic E-state index is 13.6. The molecule has 0 radical (unpaired) electrons. The van der Waals surface area contributed by atoms with E-state index in [-0.39, 0.29) is 5.56 Å². The number of benzene rings is 1. The Morgan fingerprint density at radius 2 is 1.69 bits per heavy atom. The van der Waals surface area contributed by atoms with Crippen molar-refractivity contribution in [2.45, 2.75) is 65.5 Å². The summed E-state index contributed by atoms with van der Waals surface area (Å²) in [6.07, 6.45) is 5.88. The monoisotopic (exact) mass is 389 g/mol. The molecule has 6 nitrogen and oxygen atoms in total. The molecule has 0 atom stereocenters.